The van der Waals surface area contributed by atoms with Crippen LogP contribution < -0.4 is 0 Å². The lowest BCUT2D eigenvalue weighted by atomic mass is 10.3. The van der Waals surface area contributed by atoms with Gasteiger partial charge in [0.1, 0.15) is 0 Å². The van der Waals surface area contributed by atoms with E-state index >= 15 is 0 Å². The molecule has 2 rings (SSSR count). The fraction of sp³-hybridized carbons (Fsp3) is 1.00. The van der Waals surface area contributed by atoms with E-state index in [4.69, 9.17) is 0 Å². The Balaban J connectivity index is 1.78. The maximum atomic E-state index is 2.68. The van der Waals surface area contributed by atoms with Gasteiger partial charge < -0.3 is 0 Å². The third-order valence-electron chi connectivity index (χ3n) is 4.26. The minimum Gasteiger partial charge on any atom is -0.280 e. The van der Waals surface area contributed by atoms with Gasteiger partial charge in [0.15, 0.2) is 0 Å². The van der Waals surface area contributed by atoms with Gasteiger partial charge in [-0.05, 0) is 48.0 Å². The Morgan fingerprint density at radius 2 is 0.857 bits per heavy atom. The molecule has 0 saturated carbocycles. The lowest BCUT2D eigenvalue weighted by Gasteiger charge is -2.43. The van der Waals surface area contributed by atoms with E-state index in [1.807, 2.05) is 0 Å². The first-order chi connectivity index (χ1) is 9.88. The molecule has 0 N–H and O–H groups in total. The predicted molar refractivity (Wildman–Crippen MR) is 105 cm³/mol. The molecule has 2 unspecified atom stereocenters. The van der Waals surface area contributed by atoms with Crippen LogP contribution in [0.4, 0.5) is 0 Å². The zero-order valence-electron chi connectivity index (χ0n) is 14.1. The van der Waals surface area contributed by atoms with Crippen molar-refractivity contribution in [3.8, 4) is 0 Å². The second kappa shape index (κ2) is 8.43. The van der Waals surface area contributed by atoms with E-state index in [9.17, 15) is 0 Å². The molecule has 0 amide bonds. The van der Waals surface area contributed by atoms with Gasteiger partial charge in [-0.2, -0.15) is 0 Å². The summed E-state index contributed by atoms with van der Waals surface area (Å²) in [7, 11) is 0. The monoisotopic (exact) mass is 366 g/mol. The van der Waals surface area contributed by atoms with E-state index in [-0.39, 0.29) is 0 Å². The van der Waals surface area contributed by atoms with Crippen LogP contribution in [0.3, 0.4) is 0 Å². The van der Waals surface area contributed by atoms with E-state index in [2.05, 4.69) is 98.4 Å². The molecule has 0 aromatic rings. The zero-order valence-corrected chi connectivity index (χ0v) is 17.4. The van der Waals surface area contributed by atoms with Crippen molar-refractivity contribution in [2.75, 3.05) is 13.1 Å². The van der Waals surface area contributed by atoms with Crippen molar-refractivity contribution in [2.24, 2.45) is 0 Å². The van der Waals surface area contributed by atoms with Gasteiger partial charge in [0, 0.05) is 13.1 Å². The third-order valence-corrected chi connectivity index (χ3v) is 9.78. The summed E-state index contributed by atoms with van der Waals surface area (Å²) in [5.74, 6) is 0. The highest BCUT2D eigenvalue weighted by molar-refractivity contribution is 8.18. The maximum Gasteiger partial charge on any atom is 0.0550 e. The summed E-state index contributed by atoms with van der Waals surface area (Å²) in [6, 6.07) is 0. The summed E-state index contributed by atoms with van der Waals surface area (Å²) >= 11 is 8.43. The lowest BCUT2D eigenvalue weighted by molar-refractivity contribution is 0.208. The summed E-state index contributed by atoms with van der Waals surface area (Å²) in [4.78, 5) is 5.36. The molecule has 6 atom stereocenters. The Labute approximate surface area is 148 Å². The Kier molecular flexibility index (Phi) is 7.49. The molecule has 0 aromatic carbocycles. The predicted octanol–water partition coefficient (Wildman–Crippen LogP) is 5.02. The van der Waals surface area contributed by atoms with Gasteiger partial charge in [-0.25, -0.2) is 0 Å². The Hall–Kier alpha value is 1.32. The number of nitrogens with zero attached hydrogens (tertiary/aromatic N) is 2. The van der Waals surface area contributed by atoms with Crippen molar-refractivity contribution in [1.29, 1.82) is 0 Å². The molecule has 0 spiro atoms. The molecule has 2 heterocycles. The molecule has 0 radical (unpaired) electrons. The van der Waals surface area contributed by atoms with Gasteiger partial charge in [-0.3, -0.25) is 9.80 Å². The second-order valence-corrected chi connectivity index (χ2v) is 13.1. The molecule has 0 aliphatic carbocycles. The van der Waals surface area contributed by atoms with Crippen LogP contribution in [0.5, 0.6) is 0 Å². The maximum absolute atomic E-state index is 2.68. The van der Waals surface area contributed by atoms with Crippen molar-refractivity contribution < 1.29 is 0 Å². The molecule has 2 aliphatic rings. The average Bonchev–Trinajstić information content (AvgIpc) is 2.34. The summed E-state index contributed by atoms with van der Waals surface area (Å²) in [5, 5.41) is 2.65. The first-order valence-electron chi connectivity index (χ1n) is 8.01. The van der Waals surface area contributed by atoms with Crippen molar-refractivity contribution in [1.82, 2.24) is 9.80 Å². The summed E-state index contributed by atoms with van der Waals surface area (Å²) in [6.07, 6.45) is 1.29. The number of hydrogen-bond acceptors (Lipinski definition) is 6. The Morgan fingerprint density at radius 1 is 0.571 bits per heavy atom. The molecule has 0 bridgehead atoms. The highest BCUT2D eigenvalue weighted by atomic mass is 32.2. The van der Waals surface area contributed by atoms with Crippen molar-refractivity contribution in [3.63, 3.8) is 0 Å². The van der Waals surface area contributed by atoms with E-state index in [0.717, 1.165) is 9.16 Å². The molecule has 124 valence electrons. The van der Waals surface area contributed by atoms with Crippen LogP contribution in [0, 0.1) is 0 Å². The fourth-order valence-electron chi connectivity index (χ4n) is 3.24. The highest BCUT2D eigenvalue weighted by Gasteiger charge is 2.31. The van der Waals surface area contributed by atoms with Crippen molar-refractivity contribution in [2.45, 2.75) is 78.6 Å². The molecule has 2 fully saturated rings. The topological polar surface area (TPSA) is 6.48 Å². The first kappa shape index (κ1) is 18.7. The van der Waals surface area contributed by atoms with Crippen molar-refractivity contribution >= 4 is 47.0 Å². The molecular formula is C15H30N2S4. The van der Waals surface area contributed by atoms with Crippen LogP contribution in [-0.4, -0.2) is 53.5 Å². The number of hydrogen-bond donors (Lipinski definition) is 0. The molecule has 0 aromatic heterocycles. The largest absolute Gasteiger partial charge is 0.280 e. The first-order valence-corrected chi connectivity index (χ1v) is 11.8. The Morgan fingerprint density at radius 3 is 1.14 bits per heavy atom. The van der Waals surface area contributed by atoms with E-state index in [0.29, 0.717) is 21.5 Å². The molecule has 2 saturated heterocycles. The molecule has 21 heavy (non-hydrogen) atoms. The zero-order chi connectivity index (χ0) is 15.6. The van der Waals surface area contributed by atoms with Gasteiger partial charge in [0.25, 0.3) is 0 Å². The third kappa shape index (κ3) is 5.15. The number of rotatable bonds is 4. The van der Waals surface area contributed by atoms with Crippen LogP contribution >= 0.6 is 47.0 Å². The van der Waals surface area contributed by atoms with E-state index < -0.39 is 0 Å². The van der Waals surface area contributed by atoms with Gasteiger partial charge in [0.05, 0.1) is 30.7 Å². The Bertz CT molecular complexity index is 277. The number of thioether (sulfide) groups is 4. The normalized spacial score (nSPS) is 43.1. The van der Waals surface area contributed by atoms with Crippen molar-refractivity contribution in [3.05, 3.63) is 0 Å². The smallest absolute Gasteiger partial charge is 0.0550 e. The summed E-state index contributed by atoms with van der Waals surface area (Å²) in [5.41, 5.74) is 0. The van der Waals surface area contributed by atoms with E-state index in [1.54, 1.807) is 0 Å². The van der Waals surface area contributed by atoms with E-state index in [1.165, 1.54) is 19.5 Å². The quantitative estimate of drug-likeness (QED) is 0.684. The summed E-state index contributed by atoms with van der Waals surface area (Å²) < 4.78 is 1.48. The minimum absolute atomic E-state index is 0.663. The lowest BCUT2D eigenvalue weighted by Crippen LogP contribution is -2.45. The average molecular weight is 367 g/mol. The van der Waals surface area contributed by atoms with Gasteiger partial charge >= 0.3 is 0 Å². The van der Waals surface area contributed by atoms with Crippen LogP contribution in [0.2, 0.25) is 0 Å². The second-order valence-electron chi connectivity index (χ2n) is 5.91. The van der Waals surface area contributed by atoms with Crippen LogP contribution in [0.25, 0.3) is 0 Å². The van der Waals surface area contributed by atoms with Gasteiger partial charge in [0.2, 0.25) is 0 Å². The van der Waals surface area contributed by atoms with Crippen LogP contribution in [-0.2, 0) is 0 Å². The van der Waals surface area contributed by atoms with Crippen LogP contribution in [0.1, 0.15) is 48.0 Å². The minimum atomic E-state index is 0.663. The molecular weight excluding hydrogens is 336 g/mol. The fourth-order valence-corrected chi connectivity index (χ4v) is 9.83. The molecule has 6 heteroatoms. The SMILES string of the molecule is CC1S[C@@H](C)N(CCCN2[C@H](C)SC(C)S[C@@H]2C)[C@@H](C)S1. The van der Waals surface area contributed by atoms with Crippen LogP contribution in [0.15, 0.2) is 0 Å². The standard InChI is InChI=1S/C15H30N2S4/c1-10-16(11(2)19-14(5)18-10)8-7-9-17-12(3)20-15(6)21-13(17)4/h10-15H,7-9H2,1-6H3/t10-,11+,12-,13+,14?,15?. The molecule has 2 nitrogen and oxygen atoms in total. The van der Waals surface area contributed by atoms with Gasteiger partial charge in [-0.15, -0.1) is 47.0 Å². The molecule has 2 aliphatic heterocycles. The summed E-state index contributed by atoms with van der Waals surface area (Å²) in [6.45, 7) is 16.6. The van der Waals surface area contributed by atoms with Gasteiger partial charge in [-0.1, -0.05) is 0 Å². The highest BCUT2D eigenvalue weighted by Crippen LogP contribution is 2.41.